The molecule has 1 rings (SSSR count). The van der Waals surface area contributed by atoms with Gasteiger partial charge in [0.25, 0.3) is 5.91 Å². The molecule has 0 aliphatic heterocycles. The highest BCUT2D eigenvalue weighted by molar-refractivity contribution is 5.95. The number of aromatic nitrogens is 1. The van der Waals surface area contributed by atoms with Crippen molar-refractivity contribution in [3.05, 3.63) is 18.0 Å². The number of hydrogen-bond donors (Lipinski definition) is 2. The minimum Gasteiger partial charge on any atom is -0.465 e. The third kappa shape index (κ3) is 3.80. The van der Waals surface area contributed by atoms with Crippen molar-refractivity contribution < 1.29 is 14.3 Å². The molecule has 0 bridgehead atoms. The molecule has 0 fully saturated rings. The molecule has 0 radical (unpaired) electrons. The first-order valence-corrected chi connectivity index (χ1v) is 5.98. The molecule has 1 amide bonds. The van der Waals surface area contributed by atoms with E-state index in [4.69, 9.17) is 10.5 Å². The molecule has 6 nitrogen and oxygen atoms in total. The average molecular weight is 253 g/mol. The molecule has 0 unspecified atom stereocenters. The number of nitrogen functional groups attached to an aromatic ring is 1. The van der Waals surface area contributed by atoms with Crippen LogP contribution in [0.1, 0.15) is 30.8 Å². The zero-order chi connectivity index (χ0) is 13.5. The van der Waals surface area contributed by atoms with Crippen molar-refractivity contribution in [3.63, 3.8) is 0 Å². The van der Waals surface area contributed by atoms with Crippen LogP contribution >= 0.6 is 0 Å². The summed E-state index contributed by atoms with van der Waals surface area (Å²) in [5, 5.41) is 2.51. The number of hydrogen-bond acceptors (Lipinski definition) is 4. The first-order valence-electron chi connectivity index (χ1n) is 5.98. The molecule has 100 valence electrons. The van der Waals surface area contributed by atoms with Crippen LogP contribution in [-0.4, -0.2) is 29.6 Å². The molecule has 6 heteroatoms. The van der Waals surface area contributed by atoms with Gasteiger partial charge in [-0.25, -0.2) is 0 Å². The van der Waals surface area contributed by atoms with Crippen LogP contribution in [0.25, 0.3) is 0 Å². The second-order valence-corrected chi connectivity index (χ2v) is 3.84. The number of anilines is 1. The van der Waals surface area contributed by atoms with Gasteiger partial charge in [0.2, 0.25) is 0 Å². The first kappa shape index (κ1) is 14.1. The number of carbonyl (C=O) groups excluding carboxylic acids is 2. The first-order chi connectivity index (χ1) is 8.58. The van der Waals surface area contributed by atoms with Gasteiger partial charge in [-0.2, -0.15) is 0 Å². The molecule has 3 N–H and O–H groups in total. The monoisotopic (exact) mass is 253 g/mol. The van der Waals surface area contributed by atoms with Gasteiger partial charge in [0.1, 0.15) is 12.2 Å². The molecule has 0 spiro atoms. The maximum absolute atomic E-state index is 11.9. The van der Waals surface area contributed by atoms with Gasteiger partial charge in [-0.1, -0.05) is 6.92 Å². The average Bonchev–Trinajstić information content (AvgIpc) is 2.68. The molecule has 0 atom stereocenters. The summed E-state index contributed by atoms with van der Waals surface area (Å²) < 4.78 is 6.50. The van der Waals surface area contributed by atoms with Crippen LogP contribution in [-0.2, 0) is 16.1 Å². The number of rotatable bonds is 6. The topological polar surface area (TPSA) is 86.4 Å². The lowest BCUT2D eigenvalue weighted by Crippen LogP contribution is -2.32. The molecule has 0 saturated carbocycles. The molecule has 1 aromatic rings. The number of aryl methyl sites for hydroxylation is 1. The fourth-order valence-corrected chi connectivity index (χ4v) is 1.60. The van der Waals surface area contributed by atoms with E-state index in [1.54, 1.807) is 23.8 Å². The summed E-state index contributed by atoms with van der Waals surface area (Å²) in [7, 11) is 0. The number of nitrogens with one attached hydrogen (secondary N) is 1. The van der Waals surface area contributed by atoms with E-state index < -0.39 is 5.97 Å². The second-order valence-electron chi connectivity index (χ2n) is 3.84. The van der Waals surface area contributed by atoms with Crippen molar-refractivity contribution in [2.24, 2.45) is 0 Å². The van der Waals surface area contributed by atoms with Crippen LogP contribution in [0, 0.1) is 0 Å². The van der Waals surface area contributed by atoms with Crippen molar-refractivity contribution in [3.8, 4) is 0 Å². The SMILES string of the molecule is CCCn1cc(N)cc1C(=O)NCC(=O)OCC. The Bertz CT molecular complexity index is 426. The Morgan fingerprint density at radius 2 is 2.17 bits per heavy atom. The summed E-state index contributed by atoms with van der Waals surface area (Å²) in [6, 6.07) is 1.59. The van der Waals surface area contributed by atoms with E-state index in [1.165, 1.54) is 0 Å². The maximum atomic E-state index is 11.9. The summed E-state index contributed by atoms with van der Waals surface area (Å²) in [4.78, 5) is 23.0. The molecule has 0 saturated heterocycles. The molecule has 1 aromatic heterocycles. The van der Waals surface area contributed by atoms with Crippen LogP contribution in [0.15, 0.2) is 12.3 Å². The highest BCUT2D eigenvalue weighted by Crippen LogP contribution is 2.11. The van der Waals surface area contributed by atoms with E-state index in [-0.39, 0.29) is 12.5 Å². The van der Waals surface area contributed by atoms with Crippen molar-refractivity contribution >= 4 is 17.6 Å². The number of amides is 1. The lowest BCUT2D eigenvalue weighted by atomic mass is 10.3. The van der Waals surface area contributed by atoms with Crippen LogP contribution in [0.2, 0.25) is 0 Å². The predicted molar refractivity (Wildman–Crippen MR) is 68.1 cm³/mol. The van der Waals surface area contributed by atoms with E-state index in [1.807, 2.05) is 6.92 Å². The van der Waals surface area contributed by atoms with Crippen LogP contribution in [0.4, 0.5) is 5.69 Å². The van der Waals surface area contributed by atoms with E-state index >= 15 is 0 Å². The Balaban J connectivity index is 2.63. The van der Waals surface area contributed by atoms with Crippen LogP contribution < -0.4 is 11.1 Å². The van der Waals surface area contributed by atoms with Crippen molar-refractivity contribution in [1.29, 1.82) is 0 Å². The number of esters is 1. The minimum atomic E-state index is -0.451. The zero-order valence-electron chi connectivity index (χ0n) is 10.7. The van der Waals surface area contributed by atoms with Gasteiger partial charge in [-0.05, 0) is 19.4 Å². The van der Waals surface area contributed by atoms with Gasteiger partial charge < -0.3 is 20.4 Å². The smallest absolute Gasteiger partial charge is 0.325 e. The lowest BCUT2D eigenvalue weighted by Gasteiger charge is -2.08. The minimum absolute atomic E-state index is 0.135. The number of ether oxygens (including phenoxy) is 1. The number of nitrogens with two attached hydrogens (primary N) is 1. The standard InChI is InChI=1S/C12H19N3O3/c1-3-5-15-8-9(13)6-10(15)12(17)14-7-11(16)18-4-2/h6,8H,3-5,7,13H2,1-2H3,(H,14,17). The van der Waals surface area contributed by atoms with Gasteiger partial charge in [-0.3, -0.25) is 9.59 Å². The van der Waals surface area contributed by atoms with Crippen molar-refractivity contribution in [2.45, 2.75) is 26.8 Å². The third-order valence-electron chi connectivity index (χ3n) is 2.31. The quantitative estimate of drug-likeness (QED) is 0.733. The van der Waals surface area contributed by atoms with Gasteiger partial charge in [0, 0.05) is 12.7 Å². The van der Waals surface area contributed by atoms with E-state index in [0.717, 1.165) is 6.42 Å². The molecule has 18 heavy (non-hydrogen) atoms. The summed E-state index contributed by atoms with van der Waals surface area (Å²) in [5.41, 5.74) is 6.65. The predicted octanol–water partition coefficient (Wildman–Crippen LogP) is 0.773. The highest BCUT2D eigenvalue weighted by Gasteiger charge is 2.13. The zero-order valence-corrected chi connectivity index (χ0v) is 10.7. The second kappa shape index (κ2) is 6.68. The van der Waals surface area contributed by atoms with Crippen LogP contribution in [0.5, 0.6) is 0 Å². The number of nitrogens with zero attached hydrogens (tertiary/aromatic N) is 1. The molecular formula is C12H19N3O3. The Labute approximate surface area is 106 Å². The molecule has 1 heterocycles. The highest BCUT2D eigenvalue weighted by atomic mass is 16.5. The Morgan fingerprint density at radius 1 is 1.44 bits per heavy atom. The summed E-state index contributed by atoms with van der Waals surface area (Å²) in [5.74, 6) is -0.777. The van der Waals surface area contributed by atoms with E-state index in [9.17, 15) is 9.59 Å². The van der Waals surface area contributed by atoms with Gasteiger partial charge >= 0.3 is 5.97 Å². The molecule has 0 aliphatic carbocycles. The van der Waals surface area contributed by atoms with Gasteiger partial charge in [-0.15, -0.1) is 0 Å². The van der Waals surface area contributed by atoms with Gasteiger partial charge in [0.05, 0.1) is 12.3 Å². The van der Waals surface area contributed by atoms with Crippen molar-refractivity contribution in [1.82, 2.24) is 9.88 Å². The number of carbonyl (C=O) groups is 2. The fraction of sp³-hybridized carbons (Fsp3) is 0.500. The largest absolute Gasteiger partial charge is 0.465 e. The molecular weight excluding hydrogens is 234 g/mol. The Hall–Kier alpha value is -1.98. The molecule has 0 aliphatic rings. The third-order valence-corrected chi connectivity index (χ3v) is 2.31. The lowest BCUT2D eigenvalue weighted by molar-refractivity contribution is -0.141. The van der Waals surface area contributed by atoms with Crippen LogP contribution in [0.3, 0.4) is 0 Å². The molecule has 0 aromatic carbocycles. The normalized spacial score (nSPS) is 10.1. The summed E-state index contributed by atoms with van der Waals surface area (Å²) in [6.07, 6.45) is 2.61. The maximum Gasteiger partial charge on any atom is 0.325 e. The summed E-state index contributed by atoms with van der Waals surface area (Å²) in [6.45, 7) is 4.60. The van der Waals surface area contributed by atoms with Gasteiger partial charge in [0.15, 0.2) is 0 Å². The van der Waals surface area contributed by atoms with E-state index in [0.29, 0.717) is 24.5 Å². The Kier molecular flexibility index (Phi) is 5.23. The van der Waals surface area contributed by atoms with E-state index in [2.05, 4.69) is 5.32 Å². The Morgan fingerprint density at radius 3 is 2.78 bits per heavy atom. The summed E-state index contributed by atoms with van der Waals surface area (Å²) >= 11 is 0. The fourth-order valence-electron chi connectivity index (χ4n) is 1.60. The van der Waals surface area contributed by atoms with Crippen molar-refractivity contribution in [2.75, 3.05) is 18.9 Å².